The minimum atomic E-state index is -0.541. The number of hydrazone groups is 1. The fourth-order valence-corrected chi connectivity index (χ4v) is 1.29. The number of nitrogens with two attached hydrogens (primary N) is 1. The molecule has 0 bridgehead atoms. The molecule has 0 aliphatic carbocycles. The fourth-order valence-electron chi connectivity index (χ4n) is 1.29. The Morgan fingerprint density at radius 1 is 1.52 bits per heavy atom. The predicted molar refractivity (Wildman–Crippen MR) is 79.9 cm³/mol. The van der Waals surface area contributed by atoms with Crippen molar-refractivity contribution >= 4 is 17.2 Å². The number of halogens is 1. The van der Waals surface area contributed by atoms with Gasteiger partial charge in [0.1, 0.15) is 11.8 Å². The van der Waals surface area contributed by atoms with Crippen LogP contribution in [0.4, 0.5) is 10.1 Å². The minimum absolute atomic E-state index is 0.0111. The molecule has 0 radical (unpaired) electrons. The van der Waals surface area contributed by atoms with Crippen LogP contribution in [-0.2, 0) is 0 Å². The molecule has 0 saturated carbocycles. The van der Waals surface area contributed by atoms with E-state index in [1.54, 1.807) is 12.1 Å². The van der Waals surface area contributed by atoms with Gasteiger partial charge in [0.05, 0.1) is 6.61 Å². The summed E-state index contributed by atoms with van der Waals surface area (Å²) in [5.41, 5.74) is 7.51. The molecule has 0 unspecified atom stereocenters. The number of nitriles is 1. The SMILES string of the molecule is CC(C)(C)COc1c(F)cccc1N/N=C(\C#N)C(=N)N. The van der Waals surface area contributed by atoms with Crippen molar-refractivity contribution < 1.29 is 9.13 Å². The van der Waals surface area contributed by atoms with Crippen molar-refractivity contribution in [2.75, 3.05) is 12.0 Å². The quantitative estimate of drug-likeness (QED) is 0.440. The van der Waals surface area contributed by atoms with Gasteiger partial charge in [0.15, 0.2) is 17.4 Å². The molecular formula is C14H18FN5O. The number of ether oxygens (including phenoxy) is 1. The number of nitrogens with zero attached hydrogens (tertiary/aromatic N) is 2. The zero-order valence-corrected chi connectivity index (χ0v) is 12.2. The molecule has 112 valence electrons. The monoisotopic (exact) mass is 291 g/mol. The highest BCUT2D eigenvalue weighted by Crippen LogP contribution is 2.29. The average molecular weight is 291 g/mol. The Hall–Kier alpha value is -2.62. The summed E-state index contributed by atoms with van der Waals surface area (Å²) in [4.78, 5) is 0. The molecule has 1 rings (SSSR count). The van der Waals surface area contributed by atoms with Crippen LogP contribution >= 0.6 is 0 Å². The zero-order chi connectivity index (χ0) is 16.0. The highest BCUT2D eigenvalue weighted by Gasteiger charge is 2.16. The van der Waals surface area contributed by atoms with Gasteiger partial charge in [0, 0.05) is 0 Å². The normalized spacial score (nSPS) is 11.7. The van der Waals surface area contributed by atoms with E-state index in [1.807, 2.05) is 20.8 Å². The predicted octanol–water partition coefficient (Wildman–Crippen LogP) is 2.48. The Morgan fingerprint density at radius 2 is 2.19 bits per heavy atom. The summed E-state index contributed by atoms with van der Waals surface area (Å²) >= 11 is 0. The van der Waals surface area contributed by atoms with Gasteiger partial charge in [-0.3, -0.25) is 10.8 Å². The summed E-state index contributed by atoms with van der Waals surface area (Å²) in [6.45, 7) is 6.19. The molecule has 1 aromatic rings. The second kappa shape index (κ2) is 6.70. The first-order valence-electron chi connectivity index (χ1n) is 6.24. The highest BCUT2D eigenvalue weighted by atomic mass is 19.1. The summed E-state index contributed by atoms with van der Waals surface area (Å²) in [7, 11) is 0. The van der Waals surface area contributed by atoms with Crippen molar-refractivity contribution in [3.63, 3.8) is 0 Å². The number of nitrogens with one attached hydrogen (secondary N) is 2. The van der Waals surface area contributed by atoms with Crippen molar-refractivity contribution in [3.05, 3.63) is 24.0 Å². The molecule has 0 aliphatic rings. The van der Waals surface area contributed by atoms with Crippen LogP contribution in [0.1, 0.15) is 20.8 Å². The van der Waals surface area contributed by atoms with E-state index >= 15 is 0 Å². The molecule has 7 heteroatoms. The van der Waals surface area contributed by atoms with Gasteiger partial charge in [-0.25, -0.2) is 4.39 Å². The smallest absolute Gasteiger partial charge is 0.201 e. The van der Waals surface area contributed by atoms with Gasteiger partial charge in [0.2, 0.25) is 5.71 Å². The van der Waals surface area contributed by atoms with E-state index in [2.05, 4.69) is 10.5 Å². The minimum Gasteiger partial charge on any atom is -0.488 e. The summed E-state index contributed by atoms with van der Waals surface area (Å²) in [5.74, 6) is -1.00. The topological polar surface area (TPSA) is 107 Å². The Labute approximate surface area is 122 Å². The Morgan fingerprint density at radius 3 is 2.71 bits per heavy atom. The highest BCUT2D eigenvalue weighted by molar-refractivity contribution is 6.45. The van der Waals surface area contributed by atoms with Gasteiger partial charge in [-0.05, 0) is 17.5 Å². The molecule has 0 atom stereocenters. The fraction of sp³-hybridized carbons (Fsp3) is 0.357. The average Bonchev–Trinajstić information content (AvgIpc) is 2.37. The molecule has 0 saturated heterocycles. The third-order valence-corrected chi connectivity index (χ3v) is 2.27. The lowest BCUT2D eigenvalue weighted by atomic mass is 9.99. The van der Waals surface area contributed by atoms with Crippen LogP contribution in [0.15, 0.2) is 23.3 Å². The van der Waals surface area contributed by atoms with Crippen LogP contribution in [0.3, 0.4) is 0 Å². The van der Waals surface area contributed by atoms with Crippen molar-refractivity contribution in [3.8, 4) is 11.8 Å². The number of para-hydroxylation sites is 1. The molecule has 21 heavy (non-hydrogen) atoms. The van der Waals surface area contributed by atoms with Gasteiger partial charge >= 0.3 is 0 Å². The lowest BCUT2D eigenvalue weighted by Crippen LogP contribution is -2.22. The zero-order valence-electron chi connectivity index (χ0n) is 12.2. The molecule has 0 fully saturated rings. The lowest BCUT2D eigenvalue weighted by Gasteiger charge is -2.20. The lowest BCUT2D eigenvalue weighted by molar-refractivity contribution is 0.192. The van der Waals surface area contributed by atoms with Gasteiger partial charge in [-0.2, -0.15) is 10.4 Å². The molecule has 0 amide bonds. The van der Waals surface area contributed by atoms with E-state index in [4.69, 9.17) is 21.1 Å². The Balaban J connectivity index is 3.00. The maximum atomic E-state index is 13.8. The van der Waals surface area contributed by atoms with Crippen molar-refractivity contribution in [2.45, 2.75) is 20.8 Å². The maximum Gasteiger partial charge on any atom is 0.201 e. The van der Waals surface area contributed by atoms with Crippen molar-refractivity contribution in [2.24, 2.45) is 16.3 Å². The first-order chi connectivity index (χ1) is 9.74. The largest absolute Gasteiger partial charge is 0.488 e. The number of hydrogen-bond acceptors (Lipinski definition) is 5. The molecule has 0 spiro atoms. The maximum absolute atomic E-state index is 13.8. The molecule has 0 aromatic heterocycles. The van der Waals surface area contributed by atoms with E-state index in [0.29, 0.717) is 6.61 Å². The van der Waals surface area contributed by atoms with Crippen LogP contribution in [0.5, 0.6) is 5.75 Å². The molecule has 1 aromatic carbocycles. The first-order valence-corrected chi connectivity index (χ1v) is 6.24. The number of benzene rings is 1. The number of amidine groups is 1. The number of hydrogen-bond donors (Lipinski definition) is 3. The molecule has 0 heterocycles. The van der Waals surface area contributed by atoms with Crippen LogP contribution in [0.2, 0.25) is 0 Å². The van der Waals surface area contributed by atoms with E-state index in [0.717, 1.165) is 0 Å². The van der Waals surface area contributed by atoms with Gasteiger partial charge in [0.25, 0.3) is 0 Å². The van der Waals surface area contributed by atoms with E-state index < -0.39 is 11.7 Å². The molecule has 6 nitrogen and oxygen atoms in total. The van der Waals surface area contributed by atoms with Gasteiger partial charge < -0.3 is 10.5 Å². The van der Waals surface area contributed by atoms with Crippen LogP contribution in [-0.4, -0.2) is 18.2 Å². The molecule has 4 N–H and O–H groups in total. The molecule has 0 aliphatic heterocycles. The third-order valence-electron chi connectivity index (χ3n) is 2.27. The Bertz CT molecular complexity index is 598. The molecular weight excluding hydrogens is 273 g/mol. The second-order valence-electron chi connectivity index (χ2n) is 5.56. The van der Waals surface area contributed by atoms with Crippen LogP contribution in [0.25, 0.3) is 0 Å². The number of rotatable bonds is 5. The summed E-state index contributed by atoms with van der Waals surface area (Å²) in [6, 6.07) is 5.97. The third kappa shape index (κ3) is 5.10. The van der Waals surface area contributed by atoms with E-state index in [9.17, 15) is 4.39 Å². The number of anilines is 1. The Kier molecular flexibility index (Phi) is 5.24. The summed E-state index contributed by atoms with van der Waals surface area (Å²) < 4.78 is 19.3. The van der Waals surface area contributed by atoms with Crippen LogP contribution < -0.4 is 15.9 Å². The van der Waals surface area contributed by atoms with E-state index in [-0.39, 0.29) is 22.6 Å². The van der Waals surface area contributed by atoms with Gasteiger partial charge in [-0.1, -0.05) is 26.8 Å². The first kappa shape index (κ1) is 16.4. The van der Waals surface area contributed by atoms with Crippen molar-refractivity contribution in [1.29, 1.82) is 10.7 Å². The standard InChI is InChI=1S/C14H18FN5O/c1-14(2,3)8-21-12-9(15)5-4-6-10(12)19-20-11(7-16)13(17)18/h4-6,19H,8H2,1-3H3,(H3,17,18)/b20-11+. The second-order valence-corrected chi connectivity index (χ2v) is 5.56. The van der Waals surface area contributed by atoms with Gasteiger partial charge in [-0.15, -0.1) is 0 Å². The summed E-state index contributed by atoms with van der Waals surface area (Å²) in [5, 5.41) is 19.6. The van der Waals surface area contributed by atoms with Crippen LogP contribution in [0, 0.1) is 28.0 Å². The van der Waals surface area contributed by atoms with E-state index in [1.165, 1.54) is 12.1 Å². The summed E-state index contributed by atoms with van der Waals surface area (Å²) in [6.07, 6.45) is 0. The van der Waals surface area contributed by atoms with Crippen molar-refractivity contribution in [1.82, 2.24) is 0 Å².